The molecule has 1 aromatic rings. The van der Waals surface area contributed by atoms with Gasteiger partial charge in [0.1, 0.15) is 17.6 Å². The summed E-state index contributed by atoms with van der Waals surface area (Å²) in [7, 11) is 1.41. The molecule has 1 aliphatic carbocycles. The smallest absolute Gasteiger partial charge is 0.169 e. The minimum atomic E-state index is -1.17. The van der Waals surface area contributed by atoms with Crippen LogP contribution in [0.3, 0.4) is 0 Å². The minimum Gasteiger partial charge on any atom is -0.507 e. The van der Waals surface area contributed by atoms with Crippen molar-refractivity contribution in [1.29, 1.82) is 0 Å². The monoisotopic (exact) mass is 224 g/mol. The summed E-state index contributed by atoms with van der Waals surface area (Å²) in [6.07, 6.45) is -2.49. The van der Waals surface area contributed by atoms with Gasteiger partial charge in [-0.2, -0.15) is 0 Å². The van der Waals surface area contributed by atoms with Crippen molar-refractivity contribution < 1.29 is 24.9 Å². The highest BCUT2D eigenvalue weighted by Gasteiger charge is 2.34. The highest BCUT2D eigenvalue weighted by atomic mass is 16.5. The largest absolute Gasteiger partial charge is 0.507 e. The number of phenols is 1. The molecule has 5 nitrogen and oxygen atoms in total. The van der Waals surface area contributed by atoms with Crippen molar-refractivity contribution >= 4 is 5.78 Å². The first-order valence-electron chi connectivity index (χ1n) is 4.85. The van der Waals surface area contributed by atoms with Gasteiger partial charge >= 0.3 is 0 Å². The predicted octanol–water partition coefficient (Wildman–Crippen LogP) is 0.381. The Morgan fingerprint density at radius 1 is 1.38 bits per heavy atom. The third kappa shape index (κ3) is 1.54. The SMILES string of the molecule is COc1cc(O)c2c(c1)[C@H](O)[C@@H](O)CC2=O. The molecular formula is C11H12O5. The van der Waals surface area contributed by atoms with Gasteiger partial charge in [-0.15, -0.1) is 0 Å². The fourth-order valence-corrected chi connectivity index (χ4v) is 1.89. The van der Waals surface area contributed by atoms with Crippen molar-refractivity contribution in [2.75, 3.05) is 7.11 Å². The number of phenolic OH excluding ortho intramolecular Hbond substituents is 1. The molecule has 3 N–H and O–H groups in total. The third-order valence-corrected chi connectivity index (χ3v) is 2.71. The van der Waals surface area contributed by atoms with E-state index in [2.05, 4.69) is 0 Å². The second kappa shape index (κ2) is 3.77. The van der Waals surface area contributed by atoms with Crippen molar-refractivity contribution in [3.63, 3.8) is 0 Å². The summed E-state index contributed by atoms with van der Waals surface area (Å²) in [5, 5.41) is 28.8. The highest BCUT2D eigenvalue weighted by Crippen LogP contribution is 2.38. The molecule has 2 rings (SSSR count). The van der Waals surface area contributed by atoms with Gasteiger partial charge in [-0.25, -0.2) is 0 Å². The number of aliphatic hydroxyl groups is 2. The van der Waals surface area contributed by atoms with Crippen LogP contribution in [-0.4, -0.2) is 34.3 Å². The molecule has 0 bridgehead atoms. The van der Waals surface area contributed by atoms with Gasteiger partial charge < -0.3 is 20.1 Å². The lowest BCUT2D eigenvalue weighted by Gasteiger charge is -2.26. The Hall–Kier alpha value is -1.59. The van der Waals surface area contributed by atoms with Gasteiger partial charge in [0, 0.05) is 18.1 Å². The van der Waals surface area contributed by atoms with Crippen LogP contribution in [0.25, 0.3) is 0 Å². The van der Waals surface area contributed by atoms with Gasteiger partial charge in [0.15, 0.2) is 5.78 Å². The average Bonchev–Trinajstić information content (AvgIpc) is 2.24. The molecule has 1 aromatic carbocycles. The second-order valence-electron chi connectivity index (χ2n) is 3.75. The fraction of sp³-hybridized carbons (Fsp3) is 0.364. The third-order valence-electron chi connectivity index (χ3n) is 2.71. The molecule has 0 amide bonds. The van der Waals surface area contributed by atoms with Crippen molar-refractivity contribution in [2.24, 2.45) is 0 Å². The molecule has 0 spiro atoms. The molecule has 0 aromatic heterocycles. The van der Waals surface area contributed by atoms with Crippen molar-refractivity contribution in [3.8, 4) is 11.5 Å². The van der Waals surface area contributed by atoms with Crippen LogP contribution in [-0.2, 0) is 0 Å². The Morgan fingerprint density at radius 2 is 2.06 bits per heavy atom. The standard InChI is InChI=1S/C11H12O5/c1-16-5-2-6-10(7(12)3-5)8(13)4-9(14)11(6)15/h2-3,9,11-12,14-15H,4H2,1H3/t9-,11-/m0/s1. The molecule has 0 saturated heterocycles. The van der Waals surface area contributed by atoms with Crippen molar-refractivity contribution in [3.05, 3.63) is 23.3 Å². The first-order valence-corrected chi connectivity index (χ1v) is 4.85. The summed E-state index contributed by atoms with van der Waals surface area (Å²) in [5.41, 5.74) is 0.277. The summed E-state index contributed by atoms with van der Waals surface area (Å²) in [6, 6.07) is 2.75. The van der Waals surface area contributed by atoms with Crippen LogP contribution < -0.4 is 4.74 Å². The molecule has 2 atom stereocenters. The van der Waals surface area contributed by atoms with E-state index in [1.807, 2.05) is 0 Å². The Labute approximate surface area is 91.9 Å². The van der Waals surface area contributed by atoms with Crippen LogP contribution in [0.5, 0.6) is 11.5 Å². The van der Waals surface area contributed by atoms with E-state index in [9.17, 15) is 20.1 Å². The van der Waals surface area contributed by atoms with Gasteiger partial charge in [-0.05, 0) is 6.07 Å². The number of carbonyl (C=O) groups excluding carboxylic acids is 1. The molecule has 0 fully saturated rings. The van der Waals surface area contributed by atoms with Crippen LogP contribution in [0, 0.1) is 0 Å². The summed E-state index contributed by atoms with van der Waals surface area (Å²) in [6.45, 7) is 0. The number of ether oxygens (including phenoxy) is 1. The van der Waals surface area contributed by atoms with E-state index in [1.165, 1.54) is 19.2 Å². The Bertz CT molecular complexity index is 440. The van der Waals surface area contributed by atoms with Crippen LogP contribution >= 0.6 is 0 Å². The lowest BCUT2D eigenvalue weighted by atomic mass is 9.86. The van der Waals surface area contributed by atoms with E-state index in [0.717, 1.165) is 0 Å². The van der Waals surface area contributed by atoms with E-state index in [-0.39, 0.29) is 29.1 Å². The summed E-state index contributed by atoms with van der Waals surface area (Å²) in [5.74, 6) is -0.282. The molecule has 0 heterocycles. The Morgan fingerprint density at radius 3 is 2.69 bits per heavy atom. The molecule has 1 aliphatic rings. The minimum absolute atomic E-state index is 0.0681. The molecule has 86 valence electrons. The zero-order chi connectivity index (χ0) is 11.9. The van der Waals surface area contributed by atoms with E-state index in [0.29, 0.717) is 5.75 Å². The maximum atomic E-state index is 11.6. The zero-order valence-corrected chi connectivity index (χ0v) is 8.67. The summed E-state index contributed by atoms with van der Waals surface area (Å²) in [4.78, 5) is 11.6. The van der Waals surface area contributed by atoms with E-state index >= 15 is 0 Å². The summed E-state index contributed by atoms with van der Waals surface area (Å²) < 4.78 is 4.92. The van der Waals surface area contributed by atoms with Gasteiger partial charge in [0.25, 0.3) is 0 Å². The van der Waals surface area contributed by atoms with E-state index < -0.39 is 12.2 Å². The highest BCUT2D eigenvalue weighted by molar-refractivity contribution is 6.01. The molecular weight excluding hydrogens is 212 g/mol. The quantitative estimate of drug-likeness (QED) is 0.642. The van der Waals surface area contributed by atoms with Crippen LogP contribution in [0.2, 0.25) is 0 Å². The number of hydrogen-bond donors (Lipinski definition) is 3. The Kier molecular flexibility index (Phi) is 2.57. The van der Waals surface area contributed by atoms with Gasteiger partial charge in [0.05, 0.1) is 18.8 Å². The van der Waals surface area contributed by atoms with Gasteiger partial charge in [0.2, 0.25) is 0 Å². The molecule has 0 aliphatic heterocycles. The normalized spacial score (nSPS) is 24.1. The molecule has 16 heavy (non-hydrogen) atoms. The van der Waals surface area contributed by atoms with Crippen LogP contribution in [0.1, 0.15) is 28.4 Å². The number of benzene rings is 1. The van der Waals surface area contributed by atoms with Crippen LogP contribution in [0.15, 0.2) is 12.1 Å². The van der Waals surface area contributed by atoms with Gasteiger partial charge in [-0.1, -0.05) is 0 Å². The molecule has 5 heteroatoms. The number of aliphatic hydroxyl groups excluding tert-OH is 2. The number of rotatable bonds is 1. The number of Topliss-reactive ketones (excluding diaryl/α,β-unsaturated/α-hetero) is 1. The number of methoxy groups -OCH3 is 1. The topological polar surface area (TPSA) is 87.0 Å². The first-order chi connectivity index (χ1) is 7.54. The van der Waals surface area contributed by atoms with E-state index in [1.54, 1.807) is 0 Å². The maximum Gasteiger partial charge on any atom is 0.169 e. The Balaban J connectivity index is 2.62. The van der Waals surface area contributed by atoms with E-state index in [4.69, 9.17) is 4.74 Å². The zero-order valence-electron chi connectivity index (χ0n) is 8.67. The predicted molar refractivity (Wildman–Crippen MR) is 54.6 cm³/mol. The number of hydrogen-bond acceptors (Lipinski definition) is 5. The van der Waals surface area contributed by atoms with Crippen molar-refractivity contribution in [1.82, 2.24) is 0 Å². The maximum absolute atomic E-state index is 11.6. The second-order valence-corrected chi connectivity index (χ2v) is 3.75. The number of fused-ring (bicyclic) bond motifs is 1. The summed E-state index contributed by atoms with van der Waals surface area (Å²) >= 11 is 0. The number of ketones is 1. The molecule has 0 unspecified atom stereocenters. The lowest BCUT2D eigenvalue weighted by molar-refractivity contribution is 0.00833. The molecule has 0 radical (unpaired) electrons. The number of aromatic hydroxyl groups is 1. The average molecular weight is 224 g/mol. The first kappa shape index (κ1) is 10.9. The molecule has 0 saturated carbocycles. The lowest BCUT2D eigenvalue weighted by Crippen LogP contribution is -2.29. The fourth-order valence-electron chi connectivity index (χ4n) is 1.89. The number of carbonyl (C=O) groups is 1. The van der Waals surface area contributed by atoms with Crippen LogP contribution in [0.4, 0.5) is 0 Å². The van der Waals surface area contributed by atoms with Gasteiger partial charge in [-0.3, -0.25) is 4.79 Å². The van der Waals surface area contributed by atoms with Crippen molar-refractivity contribution in [2.45, 2.75) is 18.6 Å².